The van der Waals surface area contributed by atoms with Gasteiger partial charge in [-0.05, 0) is 62.1 Å². The third kappa shape index (κ3) is 4.91. The number of fused-ring (bicyclic) bond motifs is 1. The second-order valence-electron chi connectivity index (χ2n) is 9.27. The lowest BCUT2D eigenvalue weighted by molar-refractivity contribution is -0.128. The number of nitrogens with one attached hydrogen (secondary N) is 1. The van der Waals surface area contributed by atoms with E-state index in [-0.39, 0.29) is 16.7 Å². The van der Waals surface area contributed by atoms with E-state index in [1.807, 2.05) is 6.92 Å². The molecule has 0 aromatic heterocycles. The Morgan fingerprint density at radius 3 is 2.71 bits per heavy atom. The molecule has 172 valence electrons. The van der Waals surface area contributed by atoms with Gasteiger partial charge in [-0.1, -0.05) is 13.8 Å². The first-order valence-corrected chi connectivity index (χ1v) is 13.0. The highest BCUT2D eigenvalue weighted by atomic mass is 32.2. The Balaban J connectivity index is 1.39. The first-order chi connectivity index (χ1) is 14.9. The Kier molecular flexibility index (Phi) is 6.89. The molecule has 31 heavy (non-hydrogen) atoms. The molecule has 3 aliphatic rings. The molecule has 2 fully saturated rings. The van der Waals surface area contributed by atoms with Crippen LogP contribution in [-0.4, -0.2) is 57.6 Å². The Bertz CT molecular complexity index is 897. The van der Waals surface area contributed by atoms with Crippen LogP contribution in [0.4, 0.5) is 0 Å². The number of sulfonamides is 1. The van der Waals surface area contributed by atoms with Crippen LogP contribution >= 0.6 is 0 Å². The summed E-state index contributed by atoms with van der Waals surface area (Å²) in [5.41, 5.74) is 0.788. The maximum atomic E-state index is 13.1. The highest BCUT2D eigenvalue weighted by Crippen LogP contribution is 2.40. The quantitative estimate of drug-likeness (QED) is 0.720. The Morgan fingerprint density at radius 2 is 1.97 bits per heavy atom. The number of benzene rings is 1. The fourth-order valence-corrected chi connectivity index (χ4v) is 6.52. The largest absolute Gasteiger partial charge is 0.480 e. The third-order valence-electron chi connectivity index (χ3n) is 6.89. The van der Waals surface area contributed by atoms with Gasteiger partial charge in [-0.2, -0.15) is 4.31 Å². The number of rotatable bonds is 6. The third-order valence-corrected chi connectivity index (χ3v) is 8.75. The van der Waals surface area contributed by atoms with Gasteiger partial charge >= 0.3 is 0 Å². The Hall–Kier alpha value is -1.64. The van der Waals surface area contributed by atoms with Gasteiger partial charge in [0, 0.05) is 44.3 Å². The molecule has 1 aromatic carbocycles. The number of ether oxygens (including phenoxy) is 2. The number of carbonyl (C=O) groups is 1. The Morgan fingerprint density at radius 1 is 1.19 bits per heavy atom. The summed E-state index contributed by atoms with van der Waals surface area (Å²) < 4.78 is 39.2. The van der Waals surface area contributed by atoms with Gasteiger partial charge in [0.05, 0.1) is 4.90 Å². The SMILES string of the molecule is CC1CCCN(S(=O)(=O)c2ccc3c(c2)C(C)C(C(=O)NCCC2CCOCC2)O3)C1. The zero-order valence-electron chi connectivity index (χ0n) is 18.5. The van der Waals surface area contributed by atoms with Crippen LogP contribution in [0.15, 0.2) is 23.1 Å². The average Bonchev–Trinajstić information content (AvgIpc) is 3.10. The summed E-state index contributed by atoms with van der Waals surface area (Å²) in [7, 11) is -3.54. The second-order valence-corrected chi connectivity index (χ2v) is 11.2. The molecule has 3 unspecified atom stereocenters. The van der Waals surface area contributed by atoms with Crippen molar-refractivity contribution in [1.82, 2.24) is 9.62 Å². The van der Waals surface area contributed by atoms with Crippen LogP contribution in [0.1, 0.15) is 57.4 Å². The van der Waals surface area contributed by atoms with Crippen LogP contribution < -0.4 is 10.1 Å². The number of hydrogen-bond acceptors (Lipinski definition) is 5. The lowest BCUT2D eigenvalue weighted by Gasteiger charge is -2.30. The van der Waals surface area contributed by atoms with Gasteiger partial charge in [0.15, 0.2) is 6.10 Å². The maximum absolute atomic E-state index is 13.1. The van der Waals surface area contributed by atoms with E-state index in [9.17, 15) is 13.2 Å². The smallest absolute Gasteiger partial charge is 0.261 e. The first kappa shape index (κ1) is 22.6. The minimum absolute atomic E-state index is 0.134. The van der Waals surface area contributed by atoms with Gasteiger partial charge in [0.1, 0.15) is 5.75 Å². The van der Waals surface area contributed by atoms with E-state index < -0.39 is 16.1 Å². The minimum Gasteiger partial charge on any atom is -0.480 e. The summed E-state index contributed by atoms with van der Waals surface area (Å²) >= 11 is 0. The van der Waals surface area contributed by atoms with Gasteiger partial charge in [0.25, 0.3) is 5.91 Å². The van der Waals surface area contributed by atoms with Gasteiger partial charge in [-0.25, -0.2) is 8.42 Å². The van der Waals surface area contributed by atoms with Crippen LogP contribution in [0.5, 0.6) is 5.75 Å². The predicted molar refractivity (Wildman–Crippen MR) is 118 cm³/mol. The molecule has 1 aromatic rings. The summed E-state index contributed by atoms with van der Waals surface area (Å²) in [6, 6.07) is 5.00. The van der Waals surface area contributed by atoms with E-state index in [0.717, 1.165) is 50.9 Å². The van der Waals surface area contributed by atoms with E-state index >= 15 is 0 Å². The topological polar surface area (TPSA) is 84.9 Å². The molecule has 7 nitrogen and oxygen atoms in total. The van der Waals surface area contributed by atoms with Crippen LogP contribution in [-0.2, 0) is 19.6 Å². The van der Waals surface area contributed by atoms with Crippen molar-refractivity contribution in [3.63, 3.8) is 0 Å². The molecule has 3 heterocycles. The molecule has 0 saturated carbocycles. The van der Waals surface area contributed by atoms with Gasteiger partial charge in [0.2, 0.25) is 10.0 Å². The minimum atomic E-state index is -3.54. The van der Waals surface area contributed by atoms with E-state index in [1.165, 1.54) is 0 Å². The molecular formula is C23H34N2O5S. The van der Waals surface area contributed by atoms with E-state index in [0.29, 0.717) is 37.2 Å². The van der Waals surface area contributed by atoms with Crippen LogP contribution in [0.3, 0.4) is 0 Å². The molecule has 2 saturated heterocycles. The van der Waals surface area contributed by atoms with Crippen LogP contribution in [0, 0.1) is 11.8 Å². The molecule has 0 aliphatic carbocycles. The van der Waals surface area contributed by atoms with Crippen molar-refractivity contribution in [2.75, 3.05) is 32.8 Å². The lowest BCUT2D eigenvalue weighted by atomic mass is 9.95. The Labute approximate surface area is 185 Å². The van der Waals surface area contributed by atoms with Crippen molar-refractivity contribution in [3.8, 4) is 5.75 Å². The van der Waals surface area contributed by atoms with Crippen molar-refractivity contribution in [2.45, 2.75) is 62.9 Å². The van der Waals surface area contributed by atoms with E-state index in [1.54, 1.807) is 22.5 Å². The second kappa shape index (κ2) is 9.46. The molecule has 0 spiro atoms. The molecule has 1 amide bonds. The lowest BCUT2D eigenvalue weighted by Crippen LogP contribution is -2.40. The van der Waals surface area contributed by atoms with E-state index in [4.69, 9.17) is 9.47 Å². The highest BCUT2D eigenvalue weighted by molar-refractivity contribution is 7.89. The van der Waals surface area contributed by atoms with Crippen molar-refractivity contribution in [1.29, 1.82) is 0 Å². The number of amides is 1. The molecule has 4 rings (SSSR count). The van der Waals surface area contributed by atoms with Crippen LogP contribution in [0.25, 0.3) is 0 Å². The van der Waals surface area contributed by atoms with Gasteiger partial charge in [-0.15, -0.1) is 0 Å². The molecule has 0 bridgehead atoms. The molecule has 3 aliphatic heterocycles. The van der Waals surface area contributed by atoms with Crippen molar-refractivity contribution >= 4 is 15.9 Å². The van der Waals surface area contributed by atoms with Gasteiger partial charge < -0.3 is 14.8 Å². The zero-order chi connectivity index (χ0) is 22.0. The molecule has 1 N–H and O–H groups in total. The number of nitrogens with zero attached hydrogens (tertiary/aromatic N) is 1. The van der Waals surface area contributed by atoms with Crippen molar-refractivity contribution < 1.29 is 22.7 Å². The summed E-state index contributed by atoms with van der Waals surface area (Å²) in [5.74, 6) is 1.23. The van der Waals surface area contributed by atoms with Crippen LogP contribution in [0.2, 0.25) is 0 Å². The zero-order valence-corrected chi connectivity index (χ0v) is 19.3. The summed E-state index contributed by atoms with van der Waals surface area (Å²) in [5, 5.41) is 3.01. The van der Waals surface area contributed by atoms with Gasteiger partial charge in [-0.3, -0.25) is 4.79 Å². The average molecular weight is 451 g/mol. The predicted octanol–water partition coefficient (Wildman–Crippen LogP) is 2.90. The standard InChI is InChI=1S/C23H34N2O5S/c1-16-4-3-11-25(15-16)31(27,28)19-5-6-21-20(14-19)17(2)22(30-21)23(26)24-10-7-18-8-12-29-13-9-18/h5-6,14,16-18,22H,3-4,7-13,15H2,1-2H3,(H,24,26). The summed E-state index contributed by atoms with van der Waals surface area (Å²) in [4.78, 5) is 13.0. The van der Waals surface area contributed by atoms with Crippen molar-refractivity contribution in [2.24, 2.45) is 11.8 Å². The molecule has 8 heteroatoms. The monoisotopic (exact) mass is 450 g/mol. The number of piperidine rings is 1. The number of carbonyl (C=O) groups excluding carboxylic acids is 1. The first-order valence-electron chi connectivity index (χ1n) is 11.5. The number of hydrogen-bond donors (Lipinski definition) is 1. The summed E-state index contributed by atoms with van der Waals surface area (Å²) in [6.07, 6.45) is 4.36. The van der Waals surface area contributed by atoms with E-state index in [2.05, 4.69) is 12.2 Å². The molecular weight excluding hydrogens is 416 g/mol. The fraction of sp³-hybridized carbons (Fsp3) is 0.696. The fourth-order valence-electron chi connectivity index (χ4n) is 4.88. The highest BCUT2D eigenvalue weighted by Gasteiger charge is 2.38. The normalized spacial score (nSPS) is 27.5. The summed E-state index contributed by atoms with van der Waals surface area (Å²) in [6.45, 7) is 7.37. The molecule has 0 radical (unpaired) electrons. The maximum Gasteiger partial charge on any atom is 0.261 e. The van der Waals surface area contributed by atoms with Crippen molar-refractivity contribution in [3.05, 3.63) is 23.8 Å². The molecule has 3 atom stereocenters.